The SMILES string of the molecule is COc1ccc(CNS(=O)(=O)c2c(Cc3ccc(OC)cc3)cccc2C(O)c2ccccc2-c2cnc[nH]2)cc1. The van der Waals surface area contributed by atoms with Crippen LogP contribution in [0.15, 0.2) is 108 Å². The minimum absolute atomic E-state index is 0.0521. The van der Waals surface area contributed by atoms with Crippen LogP contribution in [-0.4, -0.2) is 37.7 Å². The number of benzene rings is 4. The summed E-state index contributed by atoms with van der Waals surface area (Å²) in [5.74, 6) is 1.39. The molecule has 1 unspecified atom stereocenters. The molecule has 0 fully saturated rings. The number of imidazole rings is 1. The molecule has 0 amide bonds. The number of nitrogens with one attached hydrogen (secondary N) is 2. The highest BCUT2D eigenvalue weighted by Gasteiger charge is 2.28. The monoisotopic (exact) mass is 569 g/mol. The summed E-state index contributed by atoms with van der Waals surface area (Å²) in [6.45, 7) is 0.0729. The Morgan fingerprint density at radius 1 is 0.829 bits per heavy atom. The van der Waals surface area contributed by atoms with Gasteiger partial charge in [-0.3, -0.25) is 0 Å². The Morgan fingerprint density at radius 3 is 2.10 bits per heavy atom. The first-order valence-corrected chi connectivity index (χ1v) is 14.5. The van der Waals surface area contributed by atoms with E-state index in [0.29, 0.717) is 29.0 Å². The summed E-state index contributed by atoms with van der Waals surface area (Å²) in [5.41, 5.74) is 4.53. The van der Waals surface area contributed by atoms with E-state index in [-0.39, 0.29) is 17.0 Å². The summed E-state index contributed by atoms with van der Waals surface area (Å²) < 4.78 is 41.3. The second-order valence-corrected chi connectivity index (χ2v) is 11.2. The van der Waals surface area contributed by atoms with Crippen molar-refractivity contribution >= 4 is 10.0 Å². The molecular formula is C32H31N3O5S. The number of H-pyrrole nitrogens is 1. The van der Waals surface area contributed by atoms with E-state index in [1.54, 1.807) is 75.3 Å². The number of ether oxygens (including phenoxy) is 2. The van der Waals surface area contributed by atoms with Gasteiger partial charge in [-0.25, -0.2) is 18.1 Å². The van der Waals surface area contributed by atoms with E-state index < -0.39 is 16.1 Å². The molecule has 0 bridgehead atoms. The summed E-state index contributed by atoms with van der Waals surface area (Å²) in [6, 6.07) is 27.2. The number of aromatic amines is 1. The molecule has 8 nitrogen and oxygen atoms in total. The number of hydrogen-bond acceptors (Lipinski definition) is 6. The van der Waals surface area contributed by atoms with Crippen LogP contribution in [0.25, 0.3) is 11.3 Å². The van der Waals surface area contributed by atoms with Crippen LogP contribution in [-0.2, 0) is 23.0 Å². The number of sulfonamides is 1. The van der Waals surface area contributed by atoms with Gasteiger partial charge in [-0.2, -0.15) is 0 Å². The van der Waals surface area contributed by atoms with Crippen LogP contribution in [0.5, 0.6) is 11.5 Å². The molecule has 4 aromatic carbocycles. The lowest BCUT2D eigenvalue weighted by atomic mass is 9.93. The van der Waals surface area contributed by atoms with E-state index in [0.717, 1.165) is 22.4 Å². The molecule has 0 spiro atoms. The van der Waals surface area contributed by atoms with Gasteiger partial charge in [-0.15, -0.1) is 0 Å². The molecule has 0 aliphatic carbocycles. The highest BCUT2D eigenvalue weighted by Crippen LogP contribution is 2.36. The number of methoxy groups -OCH3 is 2. The predicted molar refractivity (Wildman–Crippen MR) is 157 cm³/mol. The Morgan fingerprint density at radius 2 is 1.46 bits per heavy atom. The maximum atomic E-state index is 14.0. The minimum Gasteiger partial charge on any atom is -0.497 e. The average molecular weight is 570 g/mol. The van der Waals surface area contributed by atoms with Crippen molar-refractivity contribution in [2.45, 2.75) is 24.0 Å². The van der Waals surface area contributed by atoms with Gasteiger partial charge in [0.25, 0.3) is 0 Å². The minimum atomic E-state index is -4.07. The second-order valence-electron chi connectivity index (χ2n) is 9.49. The fourth-order valence-electron chi connectivity index (χ4n) is 4.80. The zero-order valence-electron chi connectivity index (χ0n) is 22.7. The molecule has 1 atom stereocenters. The lowest BCUT2D eigenvalue weighted by Crippen LogP contribution is -2.26. The van der Waals surface area contributed by atoms with Crippen LogP contribution in [0.4, 0.5) is 0 Å². The zero-order chi connectivity index (χ0) is 28.8. The molecule has 9 heteroatoms. The molecule has 0 radical (unpaired) electrons. The largest absolute Gasteiger partial charge is 0.497 e. The smallest absolute Gasteiger partial charge is 0.241 e. The number of aliphatic hydroxyl groups is 1. The van der Waals surface area contributed by atoms with Gasteiger partial charge in [-0.05, 0) is 52.9 Å². The number of aliphatic hydroxyl groups excluding tert-OH is 1. The van der Waals surface area contributed by atoms with Gasteiger partial charge in [0.15, 0.2) is 0 Å². The third-order valence-electron chi connectivity index (χ3n) is 6.91. The van der Waals surface area contributed by atoms with Crippen molar-refractivity contribution in [3.8, 4) is 22.8 Å². The van der Waals surface area contributed by atoms with Crippen LogP contribution in [0, 0.1) is 0 Å². The first-order valence-electron chi connectivity index (χ1n) is 13.0. The normalized spacial score (nSPS) is 12.2. The summed E-state index contributed by atoms with van der Waals surface area (Å²) in [7, 11) is -0.899. The third-order valence-corrected chi connectivity index (χ3v) is 8.47. The van der Waals surface area contributed by atoms with Crippen molar-refractivity contribution in [2.24, 2.45) is 0 Å². The molecule has 1 heterocycles. The lowest BCUT2D eigenvalue weighted by molar-refractivity contribution is 0.217. The van der Waals surface area contributed by atoms with Crippen molar-refractivity contribution in [2.75, 3.05) is 14.2 Å². The molecule has 0 aliphatic heterocycles. The number of hydrogen-bond donors (Lipinski definition) is 3. The Labute approximate surface area is 239 Å². The van der Waals surface area contributed by atoms with Gasteiger partial charge in [0, 0.05) is 17.7 Å². The second kappa shape index (κ2) is 12.4. The predicted octanol–water partition coefficient (Wildman–Crippen LogP) is 5.24. The summed E-state index contributed by atoms with van der Waals surface area (Å²) >= 11 is 0. The summed E-state index contributed by atoms with van der Waals surface area (Å²) in [4.78, 5) is 7.23. The number of aromatic nitrogens is 2. The molecule has 41 heavy (non-hydrogen) atoms. The van der Waals surface area contributed by atoms with Gasteiger partial charge in [0.2, 0.25) is 10.0 Å². The van der Waals surface area contributed by atoms with Gasteiger partial charge >= 0.3 is 0 Å². The average Bonchev–Trinajstić information content (AvgIpc) is 3.55. The lowest BCUT2D eigenvalue weighted by Gasteiger charge is -2.21. The van der Waals surface area contributed by atoms with Gasteiger partial charge in [0.1, 0.15) is 17.6 Å². The molecule has 0 aliphatic rings. The molecule has 210 valence electrons. The molecule has 0 saturated carbocycles. The van der Waals surface area contributed by atoms with Crippen molar-refractivity contribution < 1.29 is 23.0 Å². The van der Waals surface area contributed by atoms with Crippen LogP contribution >= 0.6 is 0 Å². The number of rotatable bonds is 11. The van der Waals surface area contributed by atoms with Crippen molar-refractivity contribution in [3.05, 3.63) is 131 Å². The van der Waals surface area contributed by atoms with E-state index in [4.69, 9.17) is 9.47 Å². The van der Waals surface area contributed by atoms with Gasteiger partial charge in [0.05, 0.1) is 37.3 Å². The van der Waals surface area contributed by atoms with Crippen LogP contribution in [0.1, 0.15) is 33.9 Å². The summed E-state index contributed by atoms with van der Waals surface area (Å²) in [5, 5.41) is 11.8. The van der Waals surface area contributed by atoms with Crippen LogP contribution < -0.4 is 14.2 Å². The fourth-order valence-corrected chi connectivity index (χ4v) is 6.27. The van der Waals surface area contributed by atoms with Crippen molar-refractivity contribution in [1.82, 2.24) is 14.7 Å². The van der Waals surface area contributed by atoms with Crippen molar-refractivity contribution in [3.63, 3.8) is 0 Å². The van der Waals surface area contributed by atoms with E-state index >= 15 is 0 Å². The highest BCUT2D eigenvalue weighted by molar-refractivity contribution is 7.89. The van der Waals surface area contributed by atoms with Gasteiger partial charge in [-0.1, -0.05) is 66.7 Å². The quantitative estimate of drug-likeness (QED) is 0.200. The van der Waals surface area contributed by atoms with E-state index in [1.165, 1.54) is 0 Å². The Balaban J connectivity index is 1.57. The van der Waals surface area contributed by atoms with Crippen LogP contribution in [0.3, 0.4) is 0 Å². The fraction of sp³-hybridized carbons (Fsp3) is 0.156. The molecular weight excluding hydrogens is 538 g/mol. The third kappa shape index (κ3) is 6.33. The van der Waals surface area contributed by atoms with Crippen LogP contribution in [0.2, 0.25) is 0 Å². The maximum absolute atomic E-state index is 14.0. The van der Waals surface area contributed by atoms with Gasteiger partial charge < -0.3 is 19.6 Å². The van der Waals surface area contributed by atoms with E-state index in [9.17, 15) is 13.5 Å². The zero-order valence-corrected chi connectivity index (χ0v) is 23.6. The Bertz CT molecular complexity index is 1700. The maximum Gasteiger partial charge on any atom is 0.241 e. The first-order chi connectivity index (χ1) is 19.9. The molecule has 5 rings (SSSR count). The Kier molecular flexibility index (Phi) is 8.49. The Hall–Kier alpha value is -4.44. The number of nitrogens with zero attached hydrogens (tertiary/aromatic N) is 1. The first kappa shape index (κ1) is 28.1. The molecule has 1 aromatic heterocycles. The highest BCUT2D eigenvalue weighted by atomic mass is 32.2. The van der Waals surface area contributed by atoms with Crippen molar-refractivity contribution in [1.29, 1.82) is 0 Å². The molecule has 0 saturated heterocycles. The standard InChI is InChI=1S/C32H31N3O5S/c1-39-25-14-10-22(11-15-25)18-24-6-5-9-29(31(36)28-8-4-3-7-27(28)30-20-33-21-34-30)32(24)41(37,38)35-19-23-12-16-26(40-2)17-13-23/h3-17,20-21,31,35-36H,18-19H2,1-2H3,(H,33,34). The molecule has 5 aromatic rings. The summed E-state index contributed by atoms with van der Waals surface area (Å²) in [6.07, 6.45) is 2.34. The molecule has 3 N–H and O–H groups in total. The topological polar surface area (TPSA) is 114 Å². The van der Waals surface area contributed by atoms with E-state index in [1.807, 2.05) is 42.5 Å². The van der Waals surface area contributed by atoms with E-state index in [2.05, 4.69) is 14.7 Å².